The lowest BCUT2D eigenvalue weighted by atomic mass is 9.78. The van der Waals surface area contributed by atoms with E-state index in [4.69, 9.17) is 0 Å². The summed E-state index contributed by atoms with van der Waals surface area (Å²) >= 11 is 0. The third-order valence-electron chi connectivity index (χ3n) is 5.65. The van der Waals surface area contributed by atoms with Crippen LogP contribution in [0.1, 0.15) is 29.9 Å². The number of hydrogen-bond donors (Lipinski definition) is 1. The van der Waals surface area contributed by atoms with Gasteiger partial charge < -0.3 is 5.11 Å². The van der Waals surface area contributed by atoms with Crippen molar-refractivity contribution in [1.82, 2.24) is 0 Å². The Balaban J connectivity index is 1.70. The Morgan fingerprint density at radius 3 is 2.53 bits per heavy atom. The quantitative estimate of drug-likeness (QED) is 0.329. The second-order valence-electron chi connectivity index (χ2n) is 7.65. The van der Waals surface area contributed by atoms with Gasteiger partial charge in [0.1, 0.15) is 5.76 Å². The number of rotatable bonds is 5. The fourth-order valence-corrected chi connectivity index (χ4v) is 4.22. The number of nitrogens with zero attached hydrogens (tertiary/aromatic N) is 1. The van der Waals surface area contributed by atoms with E-state index in [0.717, 1.165) is 21.9 Å². The van der Waals surface area contributed by atoms with E-state index >= 15 is 0 Å². The van der Waals surface area contributed by atoms with E-state index in [-0.39, 0.29) is 17.5 Å². The Morgan fingerprint density at radius 1 is 1.00 bits per heavy atom. The highest BCUT2D eigenvalue weighted by molar-refractivity contribution is 6.24. The van der Waals surface area contributed by atoms with Crippen LogP contribution in [-0.4, -0.2) is 23.1 Å². The molecule has 3 heteroatoms. The molecule has 4 rings (SSSR count). The molecule has 1 N–H and O–H groups in total. The van der Waals surface area contributed by atoms with Crippen LogP contribution in [0.15, 0.2) is 102 Å². The van der Waals surface area contributed by atoms with Crippen molar-refractivity contribution >= 4 is 22.3 Å². The van der Waals surface area contributed by atoms with Gasteiger partial charge in [0.25, 0.3) is 0 Å². The first-order valence-electron chi connectivity index (χ1n) is 10.3. The molecule has 0 amide bonds. The number of aliphatic imine (C=N–C) groups is 1. The fraction of sp³-hybridized carbons (Fsp3) is 0.185. The van der Waals surface area contributed by atoms with Crippen LogP contribution in [0.5, 0.6) is 0 Å². The summed E-state index contributed by atoms with van der Waals surface area (Å²) in [6.07, 6.45) is 3.04. The number of carbonyl (C=O) groups is 1. The Kier molecular flexibility index (Phi) is 5.89. The minimum atomic E-state index is -0.0457. The van der Waals surface area contributed by atoms with E-state index in [0.29, 0.717) is 37.1 Å². The fourth-order valence-electron chi connectivity index (χ4n) is 4.22. The first-order valence-corrected chi connectivity index (χ1v) is 10.3. The number of ketones is 1. The number of aliphatic hydroxyl groups excluding tert-OH is 1. The topological polar surface area (TPSA) is 49.7 Å². The molecule has 1 aliphatic rings. The highest BCUT2D eigenvalue weighted by Gasteiger charge is 2.32. The van der Waals surface area contributed by atoms with Gasteiger partial charge in [0.05, 0.1) is 12.1 Å². The predicted molar refractivity (Wildman–Crippen MR) is 123 cm³/mol. The predicted octanol–water partition coefficient (Wildman–Crippen LogP) is 5.97. The van der Waals surface area contributed by atoms with E-state index in [2.05, 4.69) is 23.7 Å². The van der Waals surface area contributed by atoms with Crippen LogP contribution in [0.25, 0.3) is 10.8 Å². The lowest BCUT2D eigenvalue weighted by Gasteiger charge is -2.26. The molecule has 150 valence electrons. The molecule has 0 radical (unpaired) electrons. The Bertz CT molecular complexity index is 1140. The molecule has 3 nitrogen and oxygen atoms in total. The second-order valence-corrected chi connectivity index (χ2v) is 7.65. The van der Waals surface area contributed by atoms with Crippen LogP contribution in [0.2, 0.25) is 0 Å². The van der Waals surface area contributed by atoms with Crippen LogP contribution in [0.3, 0.4) is 0 Å². The SMILES string of the molecule is C=CCN=C1CC(c2ccccc2)CC(=O)C1=C(O)Cc1cccc2ccccc12. The van der Waals surface area contributed by atoms with Crippen molar-refractivity contribution in [2.45, 2.75) is 25.2 Å². The highest BCUT2D eigenvalue weighted by atomic mass is 16.3. The number of fused-ring (bicyclic) bond motifs is 1. The molecule has 0 heterocycles. The largest absolute Gasteiger partial charge is 0.511 e. The average Bonchev–Trinajstić information content (AvgIpc) is 2.78. The zero-order chi connectivity index (χ0) is 20.9. The van der Waals surface area contributed by atoms with Crippen molar-refractivity contribution in [3.63, 3.8) is 0 Å². The number of benzene rings is 3. The van der Waals surface area contributed by atoms with Gasteiger partial charge in [0, 0.05) is 18.6 Å². The first-order chi connectivity index (χ1) is 14.7. The van der Waals surface area contributed by atoms with Crippen molar-refractivity contribution in [3.05, 3.63) is 108 Å². The zero-order valence-electron chi connectivity index (χ0n) is 16.9. The molecule has 3 aromatic rings. The monoisotopic (exact) mass is 395 g/mol. The summed E-state index contributed by atoms with van der Waals surface area (Å²) in [6.45, 7) is 4.17. The van der Waals surface area contributed by atoms with Gasteiger partial charge in [0.2, 0.25) is 0 Å². The van der Waals surface area contributed by atoms with Gasteiger partial charge in [-0.3, -0.25) is 9.79 Å². The molecule has 0 aliphatic heterocycles. The van der Waals surface area contributed by atoms with Crippen molar-refractivity contribution in [1.29, 1.82) is 0 Å². The minimum Gasteiger partial charge on any atom is -0.511 e. The van der Waals surface area contributed by atoms with E-state index in [9.17, 15) is 9.90 Å². The van der Waals surface area contributed by atoms with Crippen LogP contribution in [0, 0.1) is 0 Å². The van der Waals surface area contributed by atoms with Gasteiger partial charge in [-0.25, -0.2) is 0 Å². The van der Waals surface area contributed by atoms with Crippen LogP contribution in [-0.2, 0) is 11.2 Å². The molecular formula is C27H25NO2. The van der Waals surface area contributed by atoms with Gasteiger partial charge in [-0.2, -0.15) is 0 Å². The summed E-state index contributed by atoms with van der Waals surface area (Å²) in [5.74, 6) is 0.137. The van der Waals surface area contributed by atoms with Crippen molar-refractivity contribution in [2.24, 2.45) is 4.99 Å². The van der Waals surface area contributed by atoms with E-state index < -0.39 is 0 Å². The average molecular weight is 396 g/mol. The maximum absolute atomic E-state index is 13.1. The van der Waals surface area contributed by atoms with Gasteiger partial charge in [-0.15, -0.1) is 6.58 Å². The van der Waals surface area contributed by atoms with Gasteiger partial charge in [0.15, 0.2) is 5.78 Å². The Hall–Kier alpha value is -3.46. The first kappa shape index (κ1) is 19.8. The molecule has 0 aromatic heterocycles. The molecule has 0 saturated heterocycles. The number of aliphatic hydroxyl groups is 1. The summed E-state index contributed by atoms with van der Waals surface area (Å²) < 4.78 is 0. The molecule has 1 saturated carbocycles. The lowest BCUT2D eigenvalue weighted by molar-refractivity contribution is -0.115. The number of allylic oxidation sites excluding steroid dienone is 2. The normalized spacial score (nSPS) is 19.8. The van der Waals surface area contributed by atoms with Gasteiger partial charge >= 0.3 is 0 Å². The van der Waals surface area contributed by atoms with Crippen molar-refractivity contribution < 1.29 is 9.90 Å². The zero-order valence-corrected chi connectivity index (χ0v) is 16.9. The molecule has 1 unspecified atom stereocenters. The molecule has 1 fully saturated rings. The van der Waals surface area contributed by atoms with E-state index in [1.807, 2.05) is 60.7 Å². The number of Topliss-reactive ketones (excluding diaryl/α,β-unsaturated/α-hetero) is 1. The van der Waals surface area contributed by atoms with Crippen LogP contribution in [0.4, 0.5) is 0 Å². The lowest BCUT2D eigenvalue weighted by Crippen LogP contribution is -2.27. The van der Waals surface area contributed by atoms with E-state index in [1.165, 1.54) is 0 Å². The Morgan fingerprint density at radius 2 is 1.73 bits per heavy atom. The molecule has 1 atom stereocenters. The standard InChI is InChI=1S/C27H25NO2/c1-2-15-28-24-16-22(19-9-4-3-5-10-19)18-26(30)27(24)25(29)17-21-13-8-12-20-11-6-7-14-23(20)21/h2-14,22,29H,1,15-18H2. The third-order valence-corrected chi connectivity index (χ3v) is 5.65. The maximum atomic E-state index is 13.1. The molecule has 1 aliphatic carbocycles. The third kappa shape index (κ3) is 4.11. The minimum absolute atomic E-state index is 0.0457. The summed E-state index contributed by atoms with van der Waals surface area (Å²) in [4.78, 5) is 17.7. The van der Waals surface area contributed by atoms with Gasteiger partial charge in [-0.05, 0) is 34.2 Å². The molecular weight excluding hydrogens is 370 g/mol. The summed E-state index contributed by atoms with van der Waals surface area (Å²) in [5.41, 5.74) is 3.19. The van der Waals surface area contributed by atoms with Crippen molar-refractivity contribution in [2.75, 3.05) is 6.54 Å². The smallest absolute Gasteiger partial charge is 0.168 e. The van der Waals surface area contributed by atoms with Crippen LogP contribution >= 0.6 is 0 Å². The van der Waals surface area contributed by atoms with E-state index in [1.54, 1.807) is 6.08 Å². The molecule has 3 aromatic carbocycles. The summed E-state index contributed by atoms with van der Waals surface area (Å²) in [5, 5.41) is 13.2. The van der Waals surface area contributed by atoms with Crippen LogP contribution < -0.4 is 0 Å². The van der Waals surface area contributed by atoms with Crippen molar-refractivity contribution in [3.8, 4) is 0 Å². The summed E-state index contributed by atoms with van der Waals surface area (Å²) in [7, 11) is 0. The molecule has 0 bridgehead atoms. The van der Waals surface area contributed by atoms with Gasteiger partial charge in [-0.1, -0.05) is 78.9 Å². The highest BCUT2D eigenvalue weighted by Crippen LogP contribution is 2.34. The number of hydrogen-bond acceptors (Lipinski definition) is 3. The maximum Gasteiger partial charge on any atom is 0.168 e. The molecule has 30 heavy (non-hydrogen) atoms. The summed E-state index contributed by atoms with van der Waals surface area (Å²) in [6, 6.07) is 24.2. The Labute approximate surface area is 177 Å². The number of carbonyl (C=O) groups excluding carboxylic acids is 1. The molecule has 0 spiro atoms. The second kappa shape index (κ2) is 8.91.